The summed E-state index contributed by atoms with van der Waals surface area (Å²) in [6.45, 7) is 10.5. The van der Waals surface area contributed by atoms with Crippen molar-refractivity contribution in [2.24, 2.45) is 0 Å². The zero-order valence-corrected chi connectivity index (χ0v) is 63.8. The van der Waals surface area contributed by atoms with Gasteiger partial charge in [-0.05, 0) is 77.0 Å². The van der Waals surface area contributed by atoms with Gasteiger partial charge in [0, 0.05) is 25.7 Å². The fraction of sp³-hybridized carbons (Fsp3) is 0.829. The Morgan fingerprint density at radius 2 is 0.400 bits per heavy atom. The van der Waals surface area contributed by atoms with Crippen molar-refractivity contribution in [3.8, 4) is 0 Å². The number of unbranched alkanes of at least 4 members (excludes halogenated alkanes) is 32. The van der Waals surface area contributed by atoms with Crippen molar-refractivity contribution in [3.63, 3.8) is 0 Å². The van der Waals surface area contributed by atoms with Gasteiger partial charge < -0.3 is 69.5 Å². The maximum absolute atomic E-state index is 11.2. The zero-order chi connectivity index (χ0) is 59.6. The van der Waals surface area contributed by atoms with Gasteiger partial charge in [-0.1, -0.05) is 271 Å². The predicted octanol–water partition coefficient (Wildman–Crippen LogP) is 20.4. The molecule has 4 radical (unpaired) electrons. The first-order valence-corrected chi connectivity index (χ1v) is 35.1. The molecule has 0 aliphatic rings. The van der Waals surface area contributed by atoms with Crippen LogP contribution >= 0.6 is 13.5 Å². The van der Waals surface area contributed by atoms with E-state index in [1.165, 1.54) is 205 Å². The van der Waals surface area contributed by atoms with Crippen molar-refractivity contribution in [1.29, 1.82) is 0 Å². The average molecular weight is 1500 g/mol. The fourth-order valence-corrected chi connectivity index (χ4v) is 8.58. The summed E-state index contributed by atoms with van der Waals surface area (Å²) in [4.78, 5) is 44.7. The van der Waals surface area contributed by atoms with Gasteiger partial charge in [-0.3, -0.25) is 19.2 Å². The summed E-state index contributed by atoms with van der Waals surface area (Å²) in [6, 6.07) is 0. The molecule has 85 heavy (non-hydrogen) atoms. The van der Waals surface area contributed by atoms with Crippen molar-refractivity contribution in [2.75, 3.05) is 49.4 Å². The van der Waals surface area contributed by atoms with E-state index in [2.05, 4.69) is 76.3 Å². The van der Waals surface area contributed by atoms with Crippen LogP contribution in [-0.2, 0) is 88.6 Å². The molecule has 0 bridgehead atoms. The van der Waals surface area contributed by atoms with Gasteiger partial charge >= 0.3 is 71.7 Å². The molecule has 0 N–H and O–H groups in total. The molecule has 0 aromatic heterocycles. The molecule has 0 unspecified atom stereocenters. The Morgan fingerprint density at radius 1 is 0.259 bits per heavy atom. The molecular weight excluding hydrogens is 1370 g/mol. The summed E-state index contributed by atoms with van der Waals surface area (Å²) < 4.78 is 19.7. The second kappa shape index (κ2) is 100. The molecule has 0 rings (SSSR count). The van der Waals surface area contributed by atoms with E-state index in [0.717, 1.165) is 51.4 Å². The first-order chi connectivity index (χ1) is 39.2. The molecular formula is C70H134O8S5Sn2. The number of hydrogen-bond donors (Lipinski definition) is 0. The third-order valence-electron chi connectivity index (χ3n) is 13.0. The van der Waals surface area contributed by atoms with Crippen molar-refractivity contribution in [3.05, 3.63) is 48.6 Å². The summed E-state index contributed by atoms with van der Waals surface area (Å²) in [5, 5.41) is 0. The van der Waals surface area contributed by atoms with E-state index in [4.69, 9.17) is 69.5 Å². The summed E-state index contributed by atoms with van der Waals surface area (Å²) >= 11 is 18.9. The van der Waals surface area contributed by atoms with Crippen LogP contribution in [0.25, 0.3) is 0 Å². The number of carbonyl (C=O) groups is 4. The third-order valence-corrected chi connectivity index (χ3v) is 13.7. The number of allylic oxidation sites excluding steroid dienone is 8. The van der Waals surface area contributed by atoms with Crippen LogP contribution in [0.2, 0.25) is 0 Å². The van der Waals surface area contributed by atoms with Crippen molar-refractivity contribution < 1.29 is 38.1 Å². The molecule has 500 valence electrons. The Kier molecular flexibility index (Phi) is 123. The van der Waals surface area contributed by atoms with Gasteiger partial charge in [0.25, 0.3) is 0 Å². The minimum atomic E-state index is -0.133. The Hall–Kier alpha value is 0.187. The fourth-order valence-electron chi connectivity index (χ4n) is 8.24. The molecule has 0 aromatic carbocycles. The van der Waals surface area contributed by atoms with Crippen molar-refractivity contribution >= 4 is 136 Å². The SMILES string of the molecule is C.C.CCCCCCCCCC/C=C/CCC(=O)OCC[S-].CCCCCCCCCC/C=C/CCC(=O)OCC[S-].CCCCCCCCCC/C=C/CCC(=O)OCC[S-].CCCCCCCCCC/C=C/CCC(=O)OCC[S-].S.[Sn+2].[Sn+2]. The molecule has 0 fully saturated rings. The second-order valence-corrected chi connectivity index (χ2v) is 22.4. The molecule has 0 atom stereocenters. The Balaban J connectivity index is -0.000000127. The van der Waals surface area contributed by atoms with Crippen LogP contribution in [0.4, 0.5) is 0 Å². The van der Waals surface area contributed by atoms with E-state index in [0.29, 0.717) is 75.1 Å². The molecule has 8 nitrogen and oxygen atoms in total. The largest absolute Gasteiger partial charge is 2.00 e. The number of carbonyl (C=O) groups excluding carboxylic acids is 4. The van der Waals surface area contributed by atoms with Gasteiger partial charge in [0.1, 0.15) is 0 Å². The minimum absolute atomic E-state index is 0. The van der Waals surface area contributed by atoms with Crippen LogP contribution in [0.3, 0.4) is 0 Å². The van der Waals surface area contributed by atoms with Gasteiger partial charge in [0.2, 0.25) is 0 Å². The van der Waals surface area contributed by atoms with E-state index >= 15 is 0 Å². The van der Waals surface area contributed by atoms with E-state index in [1.807, 2.05) is 0 Å². The van der Waals surface area contributed by atoms with Crippen molar-refractivity contribution in [2.45, 2.75) is 325 Å². The molecule has 0 amide bonds. The number of ether oxygens (including phenoxy) is 4. The van der Waals surface area contributed by atoms with Crippen LogP contribution < -0.4 is 0 Å². The molecule has 0 aliphatic heterocycles. The molecule has 0 saturated heterocycles. The summed E-state index contributed by atoms with van der Waals surface area (Å²) in [5.41, 5.74) is 0. The number of hydrogen-bond acceptors (Lipinski definition) is 12. The van der Waals surface area contributed by atoms with E-state index in [1.54, 1.807) is 0 Å². The maximum atomic E-state index is 11.2. The molecule has 0 spiro atoms. The van der Waals surface area contributed by atoms with Crippen LogP contribution in [0.5, 0.6) is 0 Å². The Bertz CT molecular complexity index is 1170. The van der Waals surface area contributed by atoms with Crippen LogP contribution in [-0.4, -0.2) is 121 Å². The third kappa shape index (κ3) is 109. The summed E-state index contributed by atoms with van der Waals surface area (Å²) in [5.74, 6) is 1.41. The zero-order valence-electron chi connectivity index (χ0n) is 53.8. The van der Waals surface area contributed by atoms with Crippen molar-refractivity contribution in [1.82, 2.24) is 0 Å². The standard InChI is InChI=1S/4C17H32O2S.2CH4.H2S.2Sn/c4*1-2-3-4-5-6-7-8-9-10-11-12-13-14-17(18)19-15-16-20;;;;;/h4*11-12,20H,2-10,13-16H2,1H3;2*1H4;1H2;;/q;;;;;;;2*+2/p-4/b4*12-11+;;;;;. The quantitative estimate of drug-likeness (QED) is 0.0145. The second-order valence-electron chi connectivity index (χ2n) is 20.8. The maximum Gasteiger partial charge on any atom is 2.00 e. The van der Waals surface area contributed by atoms with Crippen LogP contribution in [0, 0.1) is 0 Å². The summed E-state index contributed by atoms with van der Waals surface area (Å²) in [6.07, 6.45) is 70.2. The monoisotopic (exact) mass is 1500 g/mol. The Morgan fingerprint density at radius 3 is 0.553 bits per heavy atom. The molecule has 0 saturated carbocycles. The van der Waals surface area contributed by atoms with E-state index in [-0.39, 0.29) is 100 Å². The van der Waals surface area contributed by atoms with Crippen LogP contribution in [0.1, 0.15) is 325 Å². The topological polar surface area (TPSA) is 105 Å². The normalized spacial score (nSPS) is 10.4. The minimum Gasteiger partial charge on any atom is -0.789 e. The smallest absolute Gasteiger partial charge is 0.789 e. The molecule has 0 aromatic rings. The molecule has 0 aliphatic carbocycles. The average Bonchev–Trinajstić information content (AvgIpc) is 3.46. The van der Waals surface area contributed by atoms with E-state index in [9.17, 15) is 19.2 Å². The van der Waals surface area contributed by atoms with Gasteiger partial charge in [0.15, 0.2) is 0 Å². The van der Waals surface area contributed by atoms with Gasteiger partial charge in [0.05, 0.1) is 26.4 Å². The van der Waals surface area contributed by atoms with Crippen LogP contribution in [0.15, 0.2) is 48.6 Å². The van der Waals surface area contributed by atoms with Gasteiger partial charge in [-0.15, -0.1) is 23.0 Å². The predicted molar refractivity (Wildman–Crippen MR) is 391 cm³/mol. The number of rotatable bonds is 56. The number of esters is 4. The van der Waals surface area contributed by atoms with Gasteiger partial charge in [-0.2, -0.15) is 13.5 Å². The molecule has 0 heterocycles. The van der Waals surface area contributed by atoms with Gasteiger partial charge in [-0.25, -0.2) is 0 Å². The first kappa shape index (κ1) is 104. The summed E-state index contributed by atoms with van der Waals surface area (Å²) in [7, 11) is 0. The first-order valence-electron chi connectivity index (χ1n) is 32.8. The molecule has 15 heteroatoms. The van der Waals surface area contributed by atoms with E-state index < -0.39 is 0 Å². The Labute approximate surface area is 591 Å².